The van der Waals surface area contributed by atoms with Crippen LogP contribution in [0.15, 0.2) is 42.5 Å². The van der Waals surface area contributed by atoms with Gasteiger partial charge in [-0.3, -0.25) is 4.79 Å². The first kappa shape index (κ1) is 18.4. The van der Waals surface area contributed by atoms with Crippen molar-refractivity contribution in [3.8, 4) is 11.5 Å². The Morgan fingerprint density at radius 1 is 1.11 bits per heavy atom. The van der Waals surface area contributed by atoms with E-state index >= 15 is 0 Å². The predicted molar refractivity (Wildman–Crippen MR) is 100.0 cm³/mol. The van der Waals surface area contributed by atoms with Crippen LogP contribution in [0.5, 0.6) is 11.5 Å². The number of ether oxygens (including phenoxy) is 2. The Hall–Kier alpha value is -3.42. The molecule has 140 valence electrons. The van der Waals surface area contributed by atoms with Gasteiger partial charge in [0.05, 0.1) is 14.2 Å². The van der Waals surface area contributed by atoms with Crippen molar-refractivity contribution in [2.24, 2.45) is 0 Å². The predicted octanol–water partition coefficient (Wildman–Crippen LogP) is 2.49. The highest BCUT2D eigenvalue weighted by Gasteiger charge is 2.25. The van der Waals surface area contributed by atoms with Gasteiger partial charge in [-0.2, -0.15) is 5.21 Å². The lowest BCUT2D eigenvalue weighted by atomic mass is 9.97. The number of methoxy groups -OCH3 is 2. The summed E-state index contributed by atoms with van der Waals surface area (Å²) in [4.78, 5) is 12.9. The Balaban J connectivity index is 1.82. The van der Waals surface area contributed by atoms with E-state index in [1.165, 1.54) is 0 Å². The van der Waals surface area contributed by atoms with Crippen LogP contribution < -0.4 is 14.8 Å². The van der Waals surface area contributed by atoms with Crippen LogP contribution in [0.4, 0.5) is 5.69 Å². The normalized spacial score (nSPS) is 11.7. The molecule has 0 radical (unpaired) electrons. The van der Waals surface area contributed by atoms with Crippen molar-refractivity contribution in [1.82, 2.24) is 20.6 Å². The van der Waals surface area contributed by atoms with E-state index in [0.29, 0.717) is 29.4 Å². The molecule has 27 heavy (non-hydrogen) atoms. The molecule has 0 aliphatic heterocycles. The average Bonchev–Trinajstić information content (AvgIpc) is 3.21. The van der Waals surface area contributed by atoms with Crippen LogP contribution >= 0.6 is 0 Å². The smallest absolute Gasteiger partial charge is 0.235 e. The summed E-state index contributed by atoms with van der Waals surface area (Å²) >= 11 is 0. The number of rotatable bonds is 7. The number of hydrogen-bond donors (Lipinski definition) is 2. The standard InChI is InChI=1S/C19H21N5O3/c1-12-4-6-13(7-5-12)10-15(18-21-23-24-22-18)19(25)20-14-8-9-16(26-2)17(11-14)27-3/h4-9,11,15H,10H2,1-3H3,(H,20,25)(H,21,22,23,24)/t15-/m0/s1. The summed E-state index contributed by atoms with van der Waals surface area (Å²) in [6.45, 7) is 2.02. The minimum atomic E-state index is -0.584. The van der Waals surface area contributed by atoms with Gasteiger partial charge < -0.3 is 14.8 Å². The van der Waals surface area contributed by atoms with Gasteiger partial charge in [-0.25, -0.2) is 0 Å². The third kappa shape index (κ3) is 4.41. The fourth-order valence-electron chi connectivity index (χ4n) is 2.72. The van der Waals surface area contributed by atoms with E-state index in [0.717, 1.165) is 11.1 Å². The summed E-state index contributed by atoms with van der Waals surface area (Å²) in [5, 5.41) is 16.9. The van der Waals surface area contributed by atoms with E-state index < -0.39 is 5.92 Å². The lowest BCUT2D eigenvalue weighted by Crippen LogP contribution is -2.24. The number of aryl methyl sites for hydroxylation is 1. The largest absolute Gasteiger partial charge is 0.493 e. The van der Waals surface area contributed by atoms with Gasteiger partial charge in [0.1, 0.15) is 5.92 Å². The van der Waals surface area contributed by atoms with Crippen molar-refractivity contribution in [2.75, 3.05) is 19.5 Å². The molecule has 0 aliphatic carbocycles. The van der Waals surface area contributed by atoms with E-state index in [-0.39, 0.29) is 5.91 Å². The molecule has 2 N–H and O–H groups in total. The molecule has 0 saturated carbocycles. The average molecular weight is 367 g/mol. The third-order valence-corrected chi connectivity index (χ3v) is 4.20. The zero-order valence-corrected chi connectivity index (χ0v) is 15.4. The molecular formula is C19H21N5O3. The fraction of sp³-hybridized carbons (Fsp3) is 0.263. The van der Waals surface area contributed by atoms with Crippen molar-refractivity contribution in [3.63, 3.8) is 0 Å². The highest BCUT2D eigenvalue weighted by atomic mass is 16.5. The molecular weight excluding hydrogens is 346 g/mol. The van der Waals surface area contributed by atoms with Gasteiger partial charge in [0, 0.05) is 11.8 Å². The molecule has 0 saturated heterocycles. The minimum Gasteiger partial charge on any atom is -0.493 e. The first-order valence-electron chi connectivity index (χ1n) is 8.42. The number of anilines is 1. The van der Waals surface area contributed by atoms with Crippen LogP contribution in [0.25, 0.3) is 0 Å². The topological polar surface area (TPSA) is 102 Å². The maximum atomic E-state index is 12.9. The third-order valence-electron chi connectivity index (χ3n) is 4.20. The highest BCUT2D eigenvalue weighted by molar-refractivity contribution is 5.95. The van der Waals surface area contributed by atoms with Gasteiger partial charge in [-0.1, -0.05) is 35.0 Å². The molecule has 2 aromatic carbocycles. The number of carbonyl (C=O) groups excluding carboxylic acids is 1. The number of nitrogens with zero attached hydrogens (tertiary/aromatic N) is 3. The van der Waals surface area contributed by atoms with Gasteiger partial charge in [-0.05, 0) is 31.0 Å². The van der Waals surface area contributed by atoms with Crippen LogP contribution in [0.2, 0.25) is 0 Å². The summed E-state index contributed by atoms with van der Waals surface area (Å²) < 4.78 is 10.5. The second-order valence-electron chi connectivity index (χ2n) is 6.07. The summed E-state index contributed by atoms with van der Waals surface area (Å²) in [6.07, 6.45) is 0.457. The van der Waals surface area contributed by atoms with Crippen molar-refractivity contribution in [1.29, 1.82) is 0 Å². The van der Waals surface area contributed by atoms with Gasteiger partial charge in [-0.15, -0.1) is 10.2 Å². The molecule has 1 amide bonds. The van der Waals surface area contributed by atoms with Crippen molar-refractivity contribution < 1.29 is 14.3 Å². The Labute approximate surface area is 156 Å². The van der Waals surface area contributed by atoms with Crippen LogP contribution in [0, 0.1) is 6.92 Å². The number of H-pyrrole nitrogens is 1. The minimum absolute atomic E-state index is 0.232. The molecule has 0 bridgehead atoms. The molecule has 3 aromatic rings. The van der Waals surface area contributed by atoms with Gasteiger partial charge in [0.15, 0.2) is 17.3 Å². The van der Waals surface area contributed by atoms with Crippen LogP contribution in [-0.4, -0.2) is 40.8 Å². The molecule has 3 rings (SSSR count). The molecule has 0 fully saturated rings. The Morgan fingerprint density at radius 3 is 2.48 bits per heavy atom. The maximum absolute atomic E-state index is 12.9. The molecule has 8 heteroatoms. The number of tetrazole rings is 1. The molecule has 1 heterocycles. The molecule has 0 aliphatic rings. The van der Waals surface area contributed by atoms with Gasteiger partial charge in [0.25, 0.3) is 0 Å². The summed E-state index contributed by atoms with van der Waals surface area (Å²) in [7, 11) is 3.10. The summed E-state index contributed by atoms with van der Waals surface area (Å²) in [5.41, 5.74) is 2.76. The van der Waals surface area contributed by atoms with Crippen molar-refractivity contribution in [2.45, 2.75) is 19.3 Å². The molecule has 1 aromatic heterocycles. The highest BCUT2D eigenvalue weighted by Crippen LogP contribution is 2.30. The van der Waals surface area contributed by atoms with Gasteiger partial charge >= 0.3 is 0 Å². The number of carbonyl (C=O) groups is 1. The summed E-state index contributed by atoms with van der Waals surface area (Å²) in [5.74, 6) is 0.645. The Bertz CT molecular complexity index is 894. The van der Waals surface area contributed by atoms with E-state index in [4.69, 9.17) is 9.47 Å². The first-order valence-corrected chi connectivity index (χ1v) is 8.42. The van der Waals surface area contributed by atoms with Gasteiger partial charge in [0.2, 0.25) is 5.91 Å². The summed E-state index contributed by atoms with van der Waals surface area (Å²) in [6, 6.07) is 13.2. The molecule has 0 spiro atoms. The monoisotopic (exact) mass is 367 g/mol. The van der Waals surface area contributed by atoms with Crippen molar-refractivity contribution in [3.05, 3.63) is 59.4 Å². The van der Waals surface area contributed by atoms with E-state index in [1.807, 2.05) is 31.2 Å². The second-order valence-corrected chi connectivity index (χ2v) is 6.07. The van der Waals surface area contributed by atoms with Crippen LogP contribution in [0.1, 0.15) is 22.9 Å². The quantitative estimate of drug-likeness (QED) is 0.665. The maximum Gasteiger partial charge on any atom is 0.235 e. The molecule has 8 nitrogen and oxygen atoms in total. The van der Waals surface area contributed by atoms with E-state index in [2.05, 4.69) is 25.9 Å². The zero-order chi connectivity index (χ0) is 19.2. The zero-order valence-electron chi connectivity index (χ0n) is 15.4. The van der Waals surface area contributed by atoms with E-state index in [9.17, 15) is 4.79 Å². The Morgan fingerprint density at radius 2 is 1.85 bits per heavy atom. The number of benzene rings is 2. The fourth-order valence-corrected chi connectivity index (χ4v) is 2.72. The lowest BCUT2D eigenvalue weighted by Gasteiger charge is -2.15. The first-order chi connectivity index (χ1) is 13.1. The number of amides is 1. The lowest BCUT2D eigenvalue weighted by molar-refractivity contribution is -0.117. The van der Waals surface area contributed by atoms with E-state index in [1.54, 1.807) is 32.4 Å². The number of aromatic amines is 1. The van der Waals surface area contributed by atoms with Crippen LogP contribution in [0.3, 0.4) is 0 Å². The van der Waals surface area contributed by atoms with Crippen molar-refractivity contribution >= 4 is 11.6 Å². The SMILES string of the molecule is COc1ccc(NC(=O)[C@@H](Cc2ccc(C)cc2)c2nn[nH]n2)cc1OC. The molecule has 0 unspecified atom stereocenters. The molecule has 1 atom stereocenters. The second kappa shape index (κ2) is 8.31. The van der Waals surface area contributed by atoms with Crippen LogP contribution in [-0.2, 0) is 11.2 Å². The number of nitrogens with one attached hydrogen (secondary N) is 2. The number of hydrogen-bond acceptors (Lipinski definition) is 6. The Kier molecular flexibility index (Phi) is 5.65. The number of aromatic nitrogens is 4.